The van der Waals surface area contributed by atoms with E-state index in [4.69, 9.17) is 0 Å². The number of carbonyl (C=O) groups is 1. The summed E-state index contributed by atoms with van der Waals surface area (Å²) in [6, 6.07) is 8.20. The van der Waals surface area contributed by atoms with E-state index in [1.165, 1.54) is 17.3 Å². The Hall–Kier alpha value is -2.38. The largest absolute Gasteiger partial charge is 0.349 e. The van der Waals surface area contributed by atoms with Gasteiger partial charge in [-0.05, 0) is 69.0 Å². The van der Waals surface area contributed by atoms with Crippen LogP contribution in [0.3, 0.4) is 0 Å². The molecule has 7 heteroatoms. The second-order valence-electron chi connectivity index (χ2n) is 8.11. The number of thiophene rings is 1. The van der Waals surface area contributed by atoms with Crippen LogP contribution in [0, 0.1) is 20.8 Å². The van der Waals surface area contributed by atoms with Gasteiger partial charge in [-0.3, -0.25) is 9.36 Å². The highest BCUT2D eigenvalue weighted by atomic mass is 32.2. The molecule has 0 radical (unpaired) electrons. The number of hydrogen-bond donors (Lipinski definition) is 1. The molecule has 1 amide bonds. The Balaban J connectivity index is 1.53. The molecule has 0 bridgehead atoms. The summed E-state index contributed by atoms with van der Waals surface area (Å²) in [5.74, 6) is 0.162. The standard InChI is InChI=1S/C24H27N3O2S2/c1-15-11-16(2)22(17(3)12-15)25-21(28)14-31-23-19-8-4-5-9-20(19)27(24(29)26-23)13-18-7-6-10-30-18/h6-7,10-12H,4-5,8-9,13-14H2,1-3H3,(H,25,28). The van der Waals surface area contributed by atoms with Gasteiger partial charge in [-0.25, -0.2) is 4.79 Å². The van der Waals surface area contributed by atoms with Crippen molar-refractivity contribution in [3.8, 4) is 0 Å². The van der Waals surface area contributed by atoms with Crippen molar-refractivity contribution in [3.05, 3.63) is 73.0 Å². The number of aryl methyl sites for hydroxylation is 3. The molecular weight excluding hydrogens is 426 g/mol. The first-order valence-electron chi connectivity index (χ1n) is 10.6. The summed E-state index contributed by atoms with van der Waals surface area (Å²) in [5.41, 5.74) is 6.18. The summed E-state index contributed by atoms with van der Waals surface area (Å²) in [5, 5.41) is 5.79. The molecule has 31 heavy (non-hydrogen) atoms. The van der Waals surface area contributed by atoms with Gasteiger partial charge in [0.25, 0.3) is 0 Å². The zero-order valence-corrected chi connectivity index (χ0v) is 19.8. The Labute approximate surface area is 190 Å². The number of hydrogen-bond acceptors (Lipinski definition) is 5. The van der Waals surface area contributed by atoms with Crippen molar-refractivity contribution in [2.24, 2.45) is 0 Å². The summed E-state index contributed by atoms with van der Waals surface area (Å²) in [6.07, 6.45) is 3.97. The molecule has 0 fully saturated rings. The lowest BCUT2D eigenvalue weighted by Gasteiger charge is -2.22. The third-order valence-corrected chi connectivity index (χ3v) is 7.51. The van der Waals surface area contributed by atoms with Crippen LogP contribution < -0.4 is 11.0 Å². The topological polar surface area (TPSA) is 64.0 Å². The van der Waals surface area contributed by atoms with Gasteiger partial charge in [0, 0.05) is 21.8 Å². The lowest BCUT2D eigenvalue weighted by atomic mass is 9.97. The molecule has 0 atom stereocenters. The average Bonchev–Trinajstić information content (AvgIpc) is 3.25. The summed E-state index contributed by atoms with van der Waals surface area (Å²) in [4.78, 5) is 31.0. The number of carbonyl (C=O) groups excluding carboxylic acids is 1. The number of benzene rings is 1. The van der Waals surface area contributed by atoms with E-state index in [9.17, 15) is 9.59 Å². The minimum Gasteiger partial charge on any atom is -0.325 e. The van der Waals surface area contributed by atoms with Crippen molar-refractivity contribution in [1.29, 1.82) is 0 Å². The number of rotatable bonds is 6. The van der Waals surface area contributed by atoms with E-state index in [1.54, 1.807) is 11.3 Å². The van der Waals surface area contributed by atoms with Crippen molar-refractivity contribution < 1.29 is 4.79 Å². The van der Waals surface area contributed by atoms with Crippen molar-refractivity contribution in [3.63, 3.8) is 0 Å². The second-order valence-corrected chi connectivity index (χ2v) is 10.1. The lowest BCUT2D eigenvalue weighted by Crippen LogP contribution is -2.30. The number of thioether (sulfide) groups is 1. The Morgan fingerprint density at radius 3 is 2.65 bits per heavy atom. The maximum absolute atomic E-state index is 12.8. The van der Waals surface area contributed by atoms with Crippen molar-refractivity contribution in [2.45, 2.75) is 58.0 Å². The Morgan fingerprint density at radius 2 is 1.94 bits per heavy atom. The zero-order valence-electron chi connectivity index (χ0n) is 18.2. The zero-order chi connectivity index (χ0) is 22.0. The van der Waals surface area contributed by atoms with Gasteiger partial charge < -0.3 is 5.32 Å². The number of anilines is 1. The van der Waals surface area contributed by atoms with Crippen LogP contribution in [0.5, 0.6) is 0 Å². The van der Waals surface area contributed by atoms with Crippen LogP contribution in [0.1, 0.15) is 45.7 Å². The van der Waals surface area contributed by atoms with E-state index in [-0.39, 0.29) is 17.3 Å². The van der Waals surface area contributed by atoms with Gasteiger partial charge in [-0.15, -0.1) is 11.3 Å². The van der Waals surface area contributed by atoms with Crippen LogP contribution in [0.2, 0.25) is 0 Å². The van der Waals surface area contributed by atoms with E-state index in [0.717, 1.165) is 63.7 Å². The van der Waals surface area contributed by atoms with Gasteiger partial charge >= 0.3 is 5.69 Å². The highest BCUT2D eigenvalue weighted by Gasteiger charge is 2.21. The fourth-order valence-corrected chi connectivity index (χ4v) is 5.84. The Morgan fingerprint density at radius 1 is 1.19 bits per heavy atom. The molecule has 1 aromatic carbocycles. The first kappa shape index (κ1) is 21.8. The molecular formula is C24H27N3O2S2. The summed E-state index contributed by atoms with van der Waals surface area (Å²) in [7, 11) is 0. The molecule has 1 N–H and O–H groups in total. The fraction of sp³-hybridized carbons (Fsp3) is 0.375. The van der Waals surface area contributed by atoms with Crippen LogP contribution >= 0.6 is 23.1 Å². The molecule has 0 aliphatic heterocycles. The third-order valence-electron chi connectivity index (χ3n) is 5.63. The van der Waals surface area contributed by atoms with Crippen molar-refractivity contribution >= 4 is 34.7 Å². The first-order chi connectivity index (χ1) is 14.9. The van der Waals surface area contributed by atoms with Gasteiger partial charge in [0.1, 0.15) is 5.03 Å². The summed E-state index contributed by atoms with van der Waals surface area (Å²) < 4.78 is 1.82. The van der Waals surface area contributed by atoms with Crippen LogP contribution in [0.15, 0.2) is 39.5 Å². The fourth-order valence-electron chi connectivity index (χ4n) is 4.28. The number of aromatic nitrogens is 2. The highest BCUT2D eigenvalue weighted by molar-refractivity contribution is 8.00. The van der Waals surface area contributed by atoms with Crippen LogP contribution in [0.25, 0.3) is 0 Å². The molecule has 2 heterocycles. The number of nitrogens with zero attached hydrogens (tertiary/aromatic N) is 2. The van der Waals surface area contributed by atoms with E-state index in [1.807, 2.05) is 35.9 Å². The molecule has 0 saturated carbocycles. The van der Waals surface area contributed by atoms with Crippen LogP contribution in [0.4, 0.5) is 5.69 Å². The molecule has 5 nitrogen and oxygen atoms in total. The van der Waals surface area contributed by atoms with E-state index >= 15 is 0 Å². The number of fused-ring (bicyclic) bond motifs is 1. The predicted molar refractivity (Wildman–Crippen MR) is 129 cm³/mol. The Kier molecular flexibility index (Phi) is 6.62. The van der Waals surface area contributed by atoms with Crippen molar-refractivity contribution in [2.75, 3.05) is 11.1 Å². The average molecular weight is 454 g/mol. The number of amides is 1. The minimum atomic E-state index is -0.220. The normalized spacial score (nSPS) is 13.1. The van der Waals surface area contributed by atoms with E-state index in [0.29, 0.717) is 6.54 Å². The molecule has 0 spiro atoms. The van der Waals surface area contributed by atoms with Gasteiger partial charge in [0.05, 0.1) is 12.3 Å². The molecule has 1 aliphatic rings. The van der Waals surface area contributed by atoms with Crippen LogP contribution in [-0.4, -0.2) is 21.2 Å². The summed E-state index contributed by atoms with van der Waals surface area (Å²) in [6.45, 7) is 6.64. The predicted octanol–water partition coefficient (Wildman–Crippen LogP) is 4.89. The SMILES string of the molecule is Cc1cc(C)c(NC(=O)CSc2nc(=O)n(Cc3cccs3)c3c2CCCC3)c(C)c1. The van der Waals surface area contributed by atoms with Gasteiger partial charge in [0.2, 0.25) is 5.91 Å². The maximum Gasteiger partial charge on any atom is 0.349 e. The Bertz CT molecular complexity index is 1140. The molecule has 4 rings (SSSR count). The lowest BCUT2D eigenvalue weighted by molar-refractivity contribution is -0.113. The smallest absolute Gasteiger partial charge is 0.325 e. The van der Waals surface area contributed by atoms with Crippen molar-refractivity contribution in [1.82, 2.24) is 9.55 Å². The molecule has 0 unspecified atom stereocenters. The van der Waals surface area contributed by atoms with Gasteiger partial charge in [-0.1, -0.05) is 35.5 Å². The monoisotopic (exact) mass is 453 g/mol. The third kappa shape index (κ3) is 4.93. The highest BCUT2D eigenvalue weighted by Crippen LogP contribution is 2.29. The van der Waals surface area contributed by atoms with E-state index in [2.05, 4.69) is 29.4 Å². The molecule has 1 aliphatic carbocycles. The summed E-state index contributed by atoms with van der Waals surface area (Å²) >= 11 is 3.03. The molecule has 2 aromatic heterocycles. The molecule has 3 aromatic rings. The molecule has 162 valence electrons. The first-order valence-corrected chi connectivity index (χ1v) is 12.4. The van der Waals surface area contributed by atoms with Gasteiger partial charge in [0.15, 0.2) is 0 Å². The van der Waals surface area contributed by atoms with E-state index < -0.39 is 0 Å². The quantitative estimate of drug-likeness (QED) is 0.426. The second kappa shape index (κ2) is 9.40. The minimum absolute atomic E-state index is 0.0748. The van der Waals surface area contributed by atoms with Crippen LogP contribution in [-0.2, 0) is 24.2 Å². The molecule has 0 saturated heterocycles. The number of nitrogens with one attached hydrogen (secondary N) is 1. The van der Waals surface area contributed by atoms with Gasteiger partial charge in [-0.2, -0.15) is 4.98 Å². The maximum atomic E-state index is 12.8.